The Morgan fingerprint density at radius 2 is 1.64 bits per heavy atom. The number of thiophene rings is 1. The predicted molar refractivity (Wildman–Crippen MR) is 259 cm³/mol. The number of ether oxygens (including phenoxy) is 2. The number of nitrogens with zero attached hydrogens (tertiary/aromatic N) is 6. The summed E-state index contributed by atoms with van der Waals surface area (Å²) < 4.78 is 13.4. The van der Waals surface area contributed by atoms with Crippen LogP contribution in [0.4, 0.5) is 0 Å². The van der Waals surface area contributed by atoms with Crippen LogP contribution in [0.3, 0.4) is 0 Å². The molecule has 0 spiro atoms. The zero-order valence-electron chi connectivity index (χ0n) is 38.9. The number of aryl methyl sites for hydroxylation is 3. The molecule has 0 radical (unpaired) electrons. The predicted octanol–water partition coefficient (Wildman–Crippen LogP) is 5.97. The van der Waals surface area contributed by atoms with E-state index >= 15 is 0 Å². The minimum absolute atomic E-state index is 0.0246. The van der Waals surface area contributed by atoms with Crippen LogP contribution < -0.4 is 16.0 Å². The second kappa shape index (κ2) is 21.7. The summed E-state index contributed by atoms with van der Waals surface area (Å²) in [6.45, 7) is 14.5. The van der Waals surface area contributed by atoms with Gasteiger partial charge in [-0.05, 0) is 68.4 Å². The molecule has 2 aromatic carbocycles. The maximum Gasteiger partial charge on any atom is 0.246 e. The van der Waals surface area contributed by atoms with Crippen LogP contribution in [0, 0.1) is 33.1 Å². The van der Waals surface area contributed by atoms with Crippen LogP contribution in [-0.4, -0.2) is 117 Å². The number of aromatic nitrogens is 4. The van der Waals surface area contributed by atoms with Gasteiger partial charge in [-0.3, -0.25) is 28.7 Å². The molecule has 2 aliphatic heterocycles. The molecule has 5 heterocycles. The third-order valence-electron chi connectivity index (χ3n) is 11.8. The molecule has 0 aliphatic carbocycles. The van der Waals surface area contributed by atoms with Crippen molar-refractivity contribution in [3.8, 4) is 15.4 Å². The number of aliphatic hydroxyl groups is 1. The number of hydrogen-bond acceptors (Lipinski definition) is 13. The lowest BCUT2D eigenvalue weighted by atomic mass is 9.85. The summed E-state index contributed by atoms with van der Waals surface area (Å²) in [7, 11) is 0. The molecule has 67 heavy (non-hydrogen) atoms. The lowest BCUT2D eigenvalue weighted by Gasteiger charge is -2.35. The minimum atomic E-state index is -0.977. The molecule has 4 amide bonds. The van der Waals surface area contributed by atoms with Gasteiger partial charge < -0.3 is 35.4 Å². The molecule has 1 unspecified atom stereocenters. The first-order valence-corrected chi connectivity index (χ1v) is 24.4. The van der Waals surface area contributed by atoms with E-state index in [1.807, 2.05) is 93.2 Å². The summed E-state index contributed by atoms with van der Waals surface area (Å²) in [6.07, 6.45) is -0.245. The van der Waals surface area contributed by atoms with Crippen LogP contribution in [0.5, 0.6) is 0 Å². The summed E-state index contributed by atoms with van der Waals surface area (Å²) >= 11 is 9.45. The first kappa shape index (κ1) is 49.5. The Kier molecular flexibility index (Phi) is 16.1. The maximum absolute atomic E-state index is 14.0. The summed E-state index contributed by atoms with van der Waals surface area (Å²) in [5.74, 6) is -0.210. The van der Waals surface area contributed by atoms with Crippen molar-refractivity contribution in [1.82, 2.24) is 40.6 Å². The number of β-amino-alcohol motifs (C(OH)–C–C–N with tert-alkyl or cyclic N) is 1. The number of hydrogen-bond donors (Lipinski definition) is 4. The third kappa shape index (κ3) is 11.8. The molecule has 19 heteroatoms. The summed E-state index contributed by atoms with van der Waals surface area (Å²) in [4.78, 5) is 66.9. The molecular weight excluding hydrogens is 914 g/mol. The number of likely N-dealkylation sites (tertiary alicyclic amines) is 1. The van der Waals surface area contributed by atoms with Gasteiger partial charge in [0.05, 0.1) is 40.9 Å². The minimum Gasteiger partial charge on any atom is -0.391 e. The van der Waals surface area contributed by atoms with Gasteiger partial charge >= 0.3 is 0 Å². The van der Waals surface area contributed by atoms with Gasteiger partial charge in [-0.25, -0.2) is 4.98 Å². The van der Waals surface area contributed by atoms with Crippen molar-refractivity contribution in [2.45, 2.75) is 98.5 Å². The first-order chi connectivity index (χ1) is 32.0. The van der Waals surface area contributed by atoms with Crippen LogP contribution in [0.1, 0.15) is 90.5 Å². The van der Waals surface area contributed by atoms with E-state index in [1.165, 1.54) is 4.90 Å². The van der Waals surface area contributed by atoms with Crippen molar-refractivity contribution in [3.05, 3.63) is 104 Å². The summed E-state index contributed by atoms with van der Waals surface area (Å²) in [6, 6.07) is 12.9. The summed E-state index contributed by atoms with van der Waals surface area (Å²) in [5.41, 5.74) is 7.76. The average molecular weight is 973 g/mol. The highest BCUT2D eigenvalue weighted by Gasteiger charge is 2.44. The topological polar surface area (TPSA) is 202 Å². The molecule has 4 N–H and O–H groups in total. The van der Waals surface area contributed by atoms with Crippen molar-refractivity contribution in [1.29, 1.82) is 0 Å². The number of thiazole rings is 1. The van der Waals surface area contributed by atoms with Crippen LogP contribution >= 0.6 is 34.3 Å². The van der Waals surface area contributed by atoms with Gasteiger partial charge in [-0.1, -0.05) is 68.8 Å². The van der Waals surface area contributed by atoms with Crippen molar-refractivity contribution in [2.75, 3.05) is 39.5 Å². The van der Waals surface area contributed by atoms with E-state index in [2.05, 4.69) is 45.0 Å². The summed E-state index contributed by atoms with van der Waals surface area (Å²) in [5, 5.41) is 29.7. The largest absolute Gasteiger partial charge is 0.391 e. The van der Waals surface area contributed by atoms with Crippen molar-refractivity contribution >= 4 is 63.6 Å². The van der Waals surface area contributed by atoms with Crippen molar-refractivity contribution < 1.29 is 33.8 Å². The fraction of sp³-hybridized carbons (Fsp3) is 0.458. The van der Waals surface area contributed by atoms with E-state index in [1.54, 1.807) is 22.7 Å². The number of halogens is 1. The molecule has 0 bridgehead atoms. The molecule has 4 atom stereocenters. The lowest BCUT2D eigenvalue weighted by molar-refractivity contribution is -0.144. The number of nitrogens with one attached hydrogen (secondary N) is 3. The van der Waals surface area contributed by atoms with E-state index in [9.17, 15) is 24.3 Å². The van der Waals surface area contributed by atoms with Crippen molar-refractivity contribution in [3.63, 3.8) is 0 Å². The molecule has 16 nitrogen and oxygen atoms in total. The Bertz CT molecular complexity index is 2600. The van der Waals surface area contributed by atoms with Crippen LogP contribution in [0.2, 0.25) is 5.02 Å². The standard InChI is InChI=1S/C48H58ClN9O7S2/c1-27-29(3)67-47-40(27)41(32-13-15-34(49)16-14-32)53-36(44-56-55-30(4)58(44)47)22-38(60)50-17-20-64-18-8-19-65-25-39(61)54-43(48(5,6)7)46(63)57-24-35(59)21-37(57)45(62)51-23-31-9-11-33(12-10-31)42-28(2)52-26-66-42/h9-16,26,35-37,43,59H,8,17-25H2,1-7H3,(H,50,60)(H,51,62)(H,54,61)/t35-,36-,37-,43?/m0/s1. The number of fused-ring (bicyclic) bond motifs is 3. The normalized spacial score (nSPS) is 17.3. The second-order valence-electron chi connectivity index (χ2n) is 17.9. The Labute approximate surface area is 403 Å². The Hall–Kier alpha value is -5.37. The number of benzene rings is 2. The van der Waals surface area contributed by atoms with E-state index in [0.29, 0.717) is 29.7 Å². The van der Waals surface area contributed by atoms with Crippen molar-refractivity contribution in [2.24, 2.45) is 10.4 Å². The fourth-order valence-corrected chi connectivity index (χ4v) is 10.3. The van der Waals surface area contributed by atoms with Gasteiger partial charge in [-0.15, -0.1) is 32.9 Å². The molecule has 2 aliphatic rings. The van der Waals surface area contributed by atoms with Crippen LogP contribution in [0.15, 0.2) is 59.0 Å². The highest BCUT2D eigenvalue weighted by molar-refractivity contribution is 7.15. The molecule has 5 aromatic rings. The smallest absolute Gasteiger partial charge is 0.246 e. The molecule has 0 saturated carbocycles. The number of rotatable bonds is 18. The van der Waals surface area contributed by atoms with Gasteiger partial charge in [0, 0.05) is 60.3 Å². The Morgan fingerprint density at radius 1 is 0.925 bits per heavy atom. The molecular formula is C48H58ClN9O7S2. The third-order valence-corrected chi connectivity index (χ3v) is 14.2. The Balaban J connectivity index is 0.832. The Morgan fingerprint density at radius 3 is 2.34 bits per heavy atom. The van der Waals surface area contributed by atoms with Gasteiger partial charge in [0.1, 0.15) is 35.6 Å². The number of carbonyl (C=O) groups excluding carboxylic acids is 4. The van der Waals surface area contributed by atoms with Gasteiger partial charge in [0.25, 0.3) is 0 Å². The molecule has 1 fully saturated rings. The SMILES string of the molecule is Cc1ncsc1-c1ccc(CNC(=O)[C@@H]2C[C@H](O)CN2C(=O)C(NC(=O)COCCCOCCNC(=O)C[C@@H]2N=C(c3ccc(Cl)cc3)c3c(sc(C)c3C)-n3c(C)nnc32)C(C)(C)C)cc1. The van der Waals surface area contributed by atoms with E-state index in [-0.39, 0.29) is 64.1 Å². The fourth-order valence-electron chi connectivity index (χ4n) is 8.16. The lowest BCUT2D eigenvalue weighted by Crippen LogP contribution is -2.58. The second-order valence-corrected chi connectivity index (χ2v) is 20.4. The van der Waals surface area contributed by atoms with Gasteiger partial charge in [0.15, 0.2) is 5.82 Å². The molecule has 356 valence electrons. The van der Waals surface area contributed by atoms with E-state index in [0.717, 1.165) is 54.0 Å². The zero-order chi connectivity index (χ0) is 48.0. The number of aliphatic imine (C=N–C) groups is 1. The van der Waals surface area contributed by atoms with E-state index < -0.39 is 41.5 Å². The van der Waals surface area contributed by atoms with Crippen LogP contribution in [0.25, 0.3) is 15.4 Å². The molecule has 3 aromatic heterocycles. The average Bonchev–Trinajstić information content (AvgIpc) is 4.06. The zero-order valence-corrected chi connectivity index (χ0v) is 41.2. The monoisotopic (exact) mass is 971 g/mol. The van der Waals surface area contributed by atoms with Crippen LogP contribution in [-0.2, 0) is 35.2 Å². The van der Waals surface area contributed by atoms with Gasteiger partial charge in [0.2, 0.25) is 23.6 Å². The first-order valence-electron chi connectivity index (χ1n) is 22.3. The highest BCUT2D eigenvalue weighted by atomic mass is 35.5. The molecule has 7 rings (SSSR count). The van der Waals surface area contributed by atoms with Gasteiger partial charge in [-0.2, -0.15) is 0 Å². The molecule has 1 saturated heterocycles. The number of aliphatic hydroxyl groups excluding tert-OH is 1. The highest BCUT2D eigenvalue weighted by Crippen LogP contribution is 2.40. The quantitative estimate of drug-likeness (QED) is 0.0759. The number of amides is 4. The number of carbonyl (C=O) groups is 4. The van der Waals surface area contributed by atoms with E-state index in [4.69, 9.17) is 26.1 Å². The maximum atomic E-state index is 14.0.